The smallest absolute Gasteiger partial charge is 0.249 e. The molecule has 0 radical (unpaired) electrons. The van der Waals surface area contributed by atoms with Gasteiger partial charge in [-0.05, 0) is 19.8 Å². The number of nitrogens with one attached hydrogen (secondary N) is 1. The fourth-order valence-electron chi connectivity index (χ4n) is 1.37. The van der Waals surface area contributed by atoms with E-state index in [0.29, 0.717) is 13.0 Å². The largest absolute Gasteiger partial charge is 0.365 e. The summed E-state index contributed by atoms with van der Waals surface area (Å²) in [6.07, 6.45) is 7.38. The molecule has 0 aromatic heterocycles. The van der Waals surface area contributed by atoms with Gasteiger partial charge in [-0.2, -0.15) is 0 Å². The second-order valence-electron chi connectivity index (χ2n) is 3.26. The van der Waals surface area contributed by atoms with Crippen LogP contribution in [0.5, 0.6) is 0 Å². The Morgan fingerprint density at radius 2 is 2.46 bits per heavy atom. The number of hydrogen-bond donors (Lipinski definition) is 1. The van der Waals surface area contributed by atoms with E-state index in [-0.39, 0.29) is 18.1 Å². The molecule has 0 aliphatic carbocycles. The molecule has 0 saturated carbocycles. The van der Waals surface area contributed by atoms with Crippen LogP contribution in [0.3, 0.4) is 0 Å². The van der Waals surface area contributed by atoms with Gasteiger partial charge in [-0.15, -0.1) is 12.3 Å². The Kier molecular flexibility index (Phi) is 3.78. The summed E-state index contributed by atoms with van der Waals surface area (Å²) in [7, 11) is 0. The molecule has 0 unspecified atom stereocenters. The first kappa shape index (κ1) is 10.1. The number of carbonyl (C=O) groups excluding carboxylic acids is 1. The highest BCUT2D eigenvalue weighted by molar-refractivity contribution is 5.80. The van der Waals surface area contributed by atoms with Gasteiger partial charge in [-0.1, -0.05) is 0 Å². The molecule has 72 valence electrons. The Balaban J connectivity index is 2.21. The summed E-state index contributed by atoms with van der Waals surface area (Å²) >= 11 is 0. The van der Waals surface area contributed by atoms with Crippen molar-refractivity contribution in [1.82, 2.24) is 5.32 Å². The Morgan fingerprint density at radius 1 is 1.69 bits per heavy atom. The summed E-state index contributed by atoms with van der Waals surface area (Å²) in [5, 5.41) is 2.74. The van der Waals surface area contributed by atoms with Gasteiger partial charge in [0.2, 0.25) is 5.91 Å². The predicted octanol–water partition coefficient (Wildman–Crippen LogP) is 0.693. The van der Waals surface area contributed by atoms with Crippen molar-refractivity contribution >= 4 is 5.91 Å². The molecule has 1 aliphatic heterocycles. The molecule has 2 atom stereocenters. The van der Waals surface area contributed by atoms with Crippen molar-refractivity contribution in [1.29, 1.82) is 0 Å². The SMILES string of the molecule is C#CCCNC(=O)[C@@H]1CC[C@H](C)O1. The summed E-state index contributed by atoms with van der Waals surface area (Å²) in [5.41, 5.74) is 0. The molecule has 1 saturated heterocycles. The number of terminal acetylenes is 1. The molecule has 0 aromatic rings. The molecule has 0 bridgehead atoms. The maximum absolute atomic E-state index is 11.4. The van der Waals surface area contributed by atoms with Crippen LogP contribution in [0.1, 0.15) is 26.2 Å². The fraction of sp³-hybridized carbons (Fsp3) is 0.700. The zero-order valence-corrected chi connectivity index (χ0v) is 7.88. The number of amides is 1. The van der Waals surface area contributed by atoms with Crippen molar-refractivity contribution in [2.45, 2.75) is 38.4 Å². The molecule has 1 amide bonds. The van der Waals surface area contributed by atoms with Gasteiger partial charge in [-0.25, -0.2) is 0 Å². The minimum atomic E-state index is -0.257. The van der Waals surface area contributed by atoms with E-state index in [4.69, 9.17) is 11.2 Å². The zero-order valence-electron chi connectivity index (χ0n) is 7.88. The summed E-state index contributed by atoms with van der Waals surface area (Å²) in [6.45, 7) is 2.53. The van der Waals surface area contributed by atoms with Gasteiger partial charge < -0.3 is 10.1 Å². The van der Waals surface area contributed by atoms with E-state index in [1.807, 2.05) is 6.92 Å². The van der Waals surface area contributed by atoms with E-state index < -0.39 is 0 Å². The summed E-state index contributed by atoms with van der Waals surface area (Å²) in [6, 6.07) is 0. The van der Waals surface area contributed by atoms with Gasteiger partial charge in [0, 0.05) is 13.0 Å². The van der Waals surface area contributed by atoms with E-state index in [1.54, 1.807) is 0 Å². The molecule has 13 heavy (non-hydrogen) atoms. The van der Waals surface area contributed by atoms with Crippen molar-refractivity contribution in [3.8, 4) is 12.3 Å². The molecule has 0 aromatic carbocycles. The number of ether oxygens (including phenoxy) is 1. The normalized spacial score (nSPS) is 26.8. The first-order valence-corrected chi connectivity index (χ1v) is 4.60. The minimum absolute atomic E-state index is 0.0281. The van der Waals surface area contributed by atoms with Gasteiger partial charge >= 0.3 is 0 Å². The summed E-state index contributed by atoms with van der Waals surface area (Å²) < 4.78 is 5.39. The van der Waals surface area contributed by atoms with Crippen molar-refractivity contribution in [3.05, 3.63) is 0 Å². The van der Waals surface area contributed by atoms with Gasteiger partial charge in [0.05, 0.1) is 6.10 Å². The molecule has 1 fully saturated rings. The van der Waals surface area contributed by atoms with Gasteiger partial charge in [0.25, 0.3) is 0 Å². The second-order valence-corrected chi connectivity index (χ2v) is 3.26. The lowest BCUT2D eigenvalue weighted by Crippen LogP contribution is -2.35. The Morgan fingerprint density at radius 3 is 3.00 bits per heavy atom. The van der Waals surface area contributed by atoms with Crippen LogP contribution in [0.25, 0.3) is 0 Å². The third kappa shape index (κ3) is 3.08. The highest BCUT2D eigenvalue weighted by Crippen LogP contribution is 2.18. The molecule has 1 aliphatic rings. The van der Waals surface area contributed by atoms with E-state index in [0.717, 1.165) is 12.8 Å². The highest BCUT2D eigenvalue weighted by atomic mass is 16.5. The number of rotatable bonds is 3. The van der Waals surface area contributed by atoms with Gasteiger partial charge in [-0.3, -0.25) is 4.79 Å². The first-order chi connectivity index (χ1) is 6.24. The van der Waals surface area contributed by atoms with Crippen molar-refractivity contribution < 1.29 is 9.53 Å². The summed E-state index contributed by atoms with van der Waals surface area (Å²) in [5.74, 6) is 2.44. The Hall–Kier alpha value is -1.01. The molecular weight excluding hydrogens is 166 g/mol. The number of carbonyl (C=O) groups is 1. The van der Waals surface area contributed by atoms with Gasteiger partial charge in [0.15, 0.2) is 0 Å². The molecule has 0 spiro atoms. The van der Waals surface area contributed by atoms with E-state index in [9.17, 15) is 4.79 Å². The topological polar surface area (TPSA) is 38.3 Å². The lowest BCUT2D eigenvalue weighted by molar-refractivity contribution is -0.131. The maximum Gasteiger partial charge on any atom is 0.249 e. The molecular formula is C10H15NO2. The maximum atomic E-state index is 11.4. The molecule has 1 heterocycles. The lowest BCUT2D eigenvalue weighted by Gasteiger charge is -2.10. The zero-order chi connectivity index (χ0) is 9.68. The van der Waals surface area contributed by atoms with Crippen LogP contribution < -0.4 is 5.32 Å². The van der Waals surface area contributed by atoms with E-state index in [1.165, 1.54) is 0 Å². The molecule has 3 nitrogen and oxygen atoms in total. The quantitative estimate of drug-likeness (QED) is 0.514. The van der Waals surface area contributed by atoms with Crippen LogP contribution in [0, 0.1) is 12.3 Å². The molecule has 1 N–H and O–H groups in total. The van der Waals surface area contributed by atoms with Crippen LogP contribution in [0.2, 0.25) is 0 Å². The average Bonchev–Trinajstić information content (AvgIpc) is 2.52. The van der Waals surface area contributed by atoms with Gasteiger partial charge in [0.1, 0.15) is 6.10 Å². The third-order valence-electron chi connectivity index (χ3n) is 2.09. The van der Waals surface area contributed by atoms with Crippen LogP contribution in [-0.4, -0.2) is 24.7 Å². The van der Waals surface area contributed by atoms with Crippen molar-refractivity contribution in [2.24, 2.45) is 0 Å². The molecule has 3 heteroatoms. The predicted molar refractivity (Wildman–Crippen MR) is 50.0 cm³/mol. The van der Waals surface area contributed by atoms with E-state index in [2.05, 4.69) is 11.2 Å². The second kappa shape index (κ2) is 4.88. The van der Waals surface area contributed by atoms with Crippen molar-refractivity contribution in [2.75, 3.05) is 6.54 Å². The van der Waals surface area contributed by atoms with Crippen LogP contribution in [-0.2, 0) is 9.53 Å². The van der Waals surface area contributed by atoms with Crippen LogP contribution in [0.4, 0.5) is 0 Å². The lowest BCUT2D eigenvalue weighted by atomic mass is 10.2. The third-order valence-corrected chi connectivity index (χ3v) is 2.09. The van der Waals surface area contributed by atoms with Crippen molar-refractivity contribution in [3.63, 3.8) is 0 Å². The fourth-order valence-corrected chi connectivity index (χ4v) is 1.37. The average molecular weight is 181 g/mol. The van der Waals surface area contributed by atoms with Crippen LogP contribution in [0.15, 0.2) is 0 Å². The molecule has 1 rings (SSSR count). The number of hydrogen-bond acceptors (Lipinski definition) is 2. The van der Waals surface area contributed by atoms with E-state index >= 15 is 0 Å². The Bertz CT molecular complexity index is 219. The monoisotopic (exact) mass is 181 g/mol. The van der Waals surface area contributed by atoms with Crippen LogP contribution >= 0.6 is 0 Å². The summed E-state index contributed by atoms with van der Waals surface area (Å²) in [4.78, 5) is 11.4. The first-order valence-electron chi connectivity index (χ1n) is 4.60. The Labute approximate surface area is 78.8 Å². The minimum Gasteiger partial charge on any atom is -0.365 e. The highest BCUT2D eigenvalue weighted by Gasteiger charge is 2.27. The standard InChI is InChI=1S/C10H15NO2/c1-3-4-7-11-10(12)9-6-5-8(2)13-9/h1,8-9H,4-7H2,2H3,(H,11,12)/t8-,9-/m0/s1.